The predicted molar refractivity (Wildman–Crippen MR) is 47.8 cm³/mol. The molecule has 3 nitrogen and oxygen atoms in total. The first-order valence-electron chi connectivity index (χ1n) is 3.50. The van der Waals surface area contributed by atoms with Crippen LogP contribution in [0.25, 0.3) is 0 Å². The summed E-state index contributed by atoms with van der Waals surface area (Å²) in [5.41, 5.74) is 0.115. The lowest BCUT2D eigenvalue weighted by atomic mass is 10.0. The fraction of sp³-hybridized carbons (Fsp3) is 0.111. The van der Waals surface area contributed by atoms with Crippen molar-refractivity contribution in [3.05, 3.63) is 28.3 Å². The van der Waals surface area contributed by atoms with Gasteiger partial charge in [0.25, 0.3) is 0 Å². The zero-order valence-electron chi connectivity index (χ0n) is 6.84. The third-order valence-electron chi connectivity index (χ3n) is 1.60. The molecule has 0 heterocycles. The Labute approximate surface area is 80.2 Å². The summed E-state index contributed by atoms with van der Waals surface area (Å²) in [6, 6.07) is 4.58. The van der Waals surface area contributed by atoms with Gasteiger partial charge in [0.05, 0.1) is 16.1 Å². The lowest BCUT2D eigenvalue weighted by molar-refractivity contribution is 0.101. The zero-order chi connectivity index (χ0) is 10.0. The second-order valence-corrected chi connectivity index (χ2v) is 2.89. The maximum atomic E-state index is 11.0. The molecule has 0 aliphatic carbocycles. The minimum Gasteiger partial charge on any atom is -0.506 e. The number of phenolic OH excluding ortho intramolecular Hbond substituents is 1. The molecule has 1 aromatic carbocycles. The summed E-state index contributed by atoms with van der Waals surface area (Å²) in [6.07, 6.45) is 0. The van der Waals surface area contributed by atoms with E-state index in [-0.39, 0.29) is 27.7 Å². The first kappa shape index (κ1) is 9.56. The van der Waals surface area contributed by atoms with Gasteiger partial charge < -0.3 is 5.11 Å². The van der Waals surface area contributed by atoms with Gasteiger partial charge in [0, 0.05) is 0 Å². The van der Waals surface area contributed by atoms with E-state index in [0.29, 0.717) is 0 Å². The molecular formula is C9H6ClNO2. The molecule has 0 fully saturated rings. The van der Waals surface area contributed by atoms with E-state index in [2.05, 4.69) is 0 Å². The standard InChI is InChI=1S/C9H6ClNO2/c1-5(12)8-6(4-11)2-3-7(10)9(8)13/h2-3,13H,1H3. The van der Waals surface area contributed by atoms with Crippen LogP contribution in [-0.4, -0.2) is 10.9 Å². The van der Waals surface area contributed by atoms with Gasteiger partial charge in [0.2, 0.25) is 0 Å². The second kappa shape index (κ2) is 3.46. The molecule has 1 N–H and O–H groups in total. The number of hydrogen-bond acceptors (Lipinski definition) is 3. The molecule has 4 heteroatoms. The molecule has 1 rings (SSSR count). The monoisotopic (exact) mass is 195 g/mol. The van der Waals surface area contributed by atoms with Crippen molar-refractivity contribution in [2.24, 2.45) is 0 Å². The van der Waals surface area contributed by atoms with Crippen molar-refractivity contribution in [2.45, 2.75) is 6.92 Å². The van der Waals surface area contributed by atoms with Crippen molar-refractivity contribution in [1.29, 1.82) is 5.26 Å². The fourth-order valence-corrected chi connectivity index (χ4v) is 1.17. The largest absolute Gasteiger partial charge is 0.506 e. The van der Waals surface area contributed by atoms with Crippen LogP contribution in [0.4, 0.5) is 0 Å². The van der Waals surface area contributed by atoms with E-state index in [9.17, 15) is 9.90 Å². The van der Waals surface area contributed by atoms with Crippen LogP contribution in [-0.2, 0) is 0 Å². The highest BCUT2D eigenvalue weighted by Crippen LogP contribution is 2.29. The van der Waals surface area contributed by atoms with E-state index < -0.39 is 0 Å². The van der Waals surface area contributed by atoms with Crippen LogP contribution < -0.4 is 0 Å². The Kier molecular flexibility index (Phi) is 2.54. The van der Waals surface area contributed by atoms with Crippen LogP contribution in [0.5, 0.6) is 5.75 Å². The first-order chi connectivity index (χ1) is 6.07. The molecule has 0 saturated heterocycles. The average Bonchev–Trinajstić information content (AvgIpc) is 2.08. The van der Waals surface area contributed by atoms with Gasteiger partial charge in [0.1, 0.15) is 11.8 Å². The summed E-state index contributed by atoms with van der Waals surface area (Å²) >= 11 is 5.58. The maximum Gasteiger partial charge on any atom is 0.164 e. The van der Waals surface area contributed by atoms with Crippen LogP contribution >= 0.6 is 11.6 Å². The molecule has 0 radical (unpaired) electrons. The van der Waals surface area contributed by atoms with E-state index in [1.165, 1.54) is 19.1 Å². The van der Waals surface area contributed by atoms with Crippen molar-refractivity contribution in [3.63, 3.8) is 0 Å². The van der Waals surface area contributed by atoms with E-state index >= 15 is 0 Å². The third kappa shape index (κ3) is 1.63. The molecule has 0 aliphatic heterocycles. The van der Waals surface area contributed by atoms with Crippen LogP contribution in [0.1, 0.15) is 22.8 Å². The summed E-state index contributed by atoms with van der Waals surface area (Å²) in [6.45, 7) is 1.27. The Balaban J connectivity index is 3.53. The minimum absolute atomic E-state index is 0.0185. The molecule has 66 valence electrons. The van der Waals surface area contributed by atoms with Gasteiger partial charge in [0.15, 0.2) is 5.78 Å². The third-order valence-corrected chi connectivity index (χ3v) is 1.91. The highest BCUT2D eigenvalue weighted by molar-refractivity contribution is 6.32. The summed E-state index contributed by atoms with van der Waals surface area (Å²) in [5, 5.41) is 18.1. The highest BCUT2D eigenvalue weighted by Gasteiger charge is 2.14. The summed E-state index contributed by atoms with van der Waals surface area (Å²) in [7, 11) is 0. The number of hydrogen-bond donors (Lipinski definition) is 1. The average molecular weight is 196 g/mol. The van der Waals surface area contributed by atoms with E-state index in [1.54, 1.807) is 6.07 Å². The SMILES string of the molecule is CC(=O)c1c(C#N)ccc(Cl)c1O. The van der Waals surface area contributed by atoms with Crippen LogP contribution in [0.15, 0.2) is 12.1 Å². The van der Waals surface area contributed by atoms with Crippen molar-refractivity contribution in [3.8, 4) is 11.8 Å². The lowest BCUT2D eigenvalue weighted by Gasteiger charge is -2.03. The summed E-state index contributed by atoms with van der Waals surface area (Å²) in [4.78, 5) is 11.0. The normalized spacial score (nSPS) is 9.31. The van der Waals surface area contributed by atoms with Gasteiger partial charge in [-0.1, -0.05) is 11.6 Å². The lowest BCUT2D eigenvalue weighted by Crippen LogP contribution is -1.97. The quantitative estimate of drug-likeness (QED) is 0.699. The number of aromatic hydroxyl groups is 1. The van der Waals surface area contributed by atoms with E-state index in [4.69, 9.17) is 16.9 Å². The van der Waals surface area contributed by atoms with Crippen molar-refractivity contribution < 1.29 is 9.90 Å². The predicted octanol–water partition coefficient (Wildman–Crippen LogP) is 2.12. The minimum atomic E-state index is -0.378. The number of halogens is 1. The topological polar surface area (TPSA) is 61.1 Å². The molecule has 0 aromatic heterocycles. The Morgan fingerprint density at radius 2 is 2.23 bits per heavy atom. The maximum absolute atomic E-state index is 11.0. The number of nitriles is 1. The van der Waals surface area contributed by atoms with Gasteiger partial charge in [-0.05, 0) is 19.1 Å². The molecule has 0 amide bonds. The molecule has 0 bridgehead atoms. The molecule has 0 unspecified atom stereocenters. The molecular weight excluding hydrogens is 190 g/mol. The first-order valence-corrected chi connectivity index (χ1v) is 3.88. The van der Waals surface area contributed by atoms with E-state index in [1.807, 2.05) is 0 Å². The van der Waals surface area contributed by atoms with Crippen LogP contribution in [0.2, 0.25) is 5.02 Å². The molecule has 0 saturated carbocycles. The summed E-state index contributed by atoms with van der Waals surface area (Å²) in [5.74, 6) is -0.704. The number of phenols is 1. The van der Waals surface area contributed by atoms with Crippen molar-refractivity contribution in [2.75, 3.05) is 0 Å². The molecule has 0 atom stereocenters. The Morgan fingerprint density at radius 3 is 2.69 bits per heavy atom. The van der Waals surface area contributed by atoms with Gasteiger partial charge in [-0.2, -0.15) is 5.26 Å². The zero-order valence-corrected chi connectivity index (χ0v) is 7.59. The van der Waals surface area contributed by atoms with Gasteiger partial charge in [-0.25, -0.2) is 0 Å². The van der Waals surface area contributed by atoms with Crippen LogP contribution in [0.3, 0.4) is 0 Å². The Bertz CT molecular complexity index is 407. The summed E-state index contributed by atoms with van der Waals surface area (Å²) < 4.78 is 0. The fourth-order valence-electron chi connectivity index (χ4n) is 1.02. The Hall–Kier alpha value is -1.53. The van der Waals surface area contributed by atoms with E-state index in [0.717, 1.165) is 0 Å². The number of Topliss-reactive ketones (excluding diaryl/α,β-unsaturated/α-hetero) is 1. The molecule has 0 aliphatic rings. The van der Waals surface area contributed by atoms with Crippen molar-refractivity contribution >= 4 is 17.4 Å². The van der Waals surface area contributed by atoms with Crippen molar-refractivity contribution in [1.82, 2.24) is 0 Å². The van der Waals surface area contributed by atoms with Gasteiger partial charge >= 0.3 is 0 Å². The number of nitrogens with zero attached hydrogens (tertiary/aromatic N) is 1. The van der Waals surface area contributed by atoms with Gasteiger partial charge in [-0.15, -0.1) is 0 Å². The number of ketones is 1. The number of carbonyl (C=O) groups excluding carboxylic acids is 1. The molecule has 1 aromatic rings. The molecule has 13 heavy (non-hydrogen) atoms. The smallest absolute Gasteiger partial charge is 0.164 e. The van der Waals surface area contributed by atoms with Gasteiger partial charge in [-0.3, -0.25) is 4.79 Å². The number of benzene rings is 1. The second-order valence-electron chi connectivity index (χ2n) is 2.49. The highest BCUT2D eigenvalue weighted by atomic mass is 35.5. The number of rotatable bonds is 1. The Morgan fingerprint density at radius 1 is 1.62 bits per heavy atom. The molecule has 0 spiro atoms. The van der Waals surface area contributed by atoms with Crippen LogP contribution in [0, 0.1) is 11.3 Å². The number of carbonyl (C=O) groups is 1.